The van der Waals surface area contributed by atoms with E-state index in [0.29, 0.717) is 38.3 Å². The highest BCUT2D eigenvalue weighted by Crippen LogP contribution is 2.21. The molecule has 1 amide bonds. The molecule has 1 N–H and O–H groups in total. The fourth-order valence-electron chi connectivity index (χ4n) is 3.36. The van der Waals surface area contributed by atoms with E-state index in [1.807, 2.05) is 45.2 Å². The van der Waals surface area contributed by atoms with Gasteiger partial charge in [0.25, 0.3) is 5.91 Å². The zero-order valence-electron chi connectivity index (χ0n) is 17.7. The number of hydrogen-bond acceptors (Lipinski definition) is 5. The molecule has 1 aliphatic heterocycles. The van der Waals surface area contributed by atoms with Crippen molar-refractivity contribution in [3.05, 3.63) is 59.7 Å². The molecule has 1 saturated heterocycles. The molecule has 0 radical (unpaired) electrons. The van der Waals surface area contributed by atoms with Gasteiger partial charge in [-0.1, -0.05) is 18.2 Å². The number of nitrogens with one attached hydrogen (secondary N) is 1. The zero-order chi connectivity index (χ0) is 21.7. The highest BCUT2D eigenvalue weighted by Gasteiger charge is 2.28. The van der Waals surface area contributed by atoms with Crippen LogP contribution in [0.15, 0.2) is 53.4 Å². The molecule has 8 heteroatoms. The molecule has 1 fully saturated rings. The maximum absolute atomic E-state index is 13.0. The predicted octanol–water partition coefficient (Wildman–Crippen LogP) is 2.51. The lowest BCUT2D eigenvalue weighted by Gasteiger charge is -2.31. The molecule has 2 aromatic carbocycles. The summed E-state index contributed by atoms with van der Waals surface area (Å²) < 4.78 is 32.8. The molecule has 30 heavy (non-hydrogen) atoms. The maximum Gasteiger partial charge on any atom is 0.251 e. The topological polar surface area (TPSA) is 78.9 Å². The van der Waals surface area contributed by atoms with Gasteiger partial charge < -0.3 is 15.0 Å². The lowest BCUT2D eigenvalue weighted by atomic mass is 10.1. The first-order chi connectivity index (χ1) is 14.3. The van der Waals surface area contributed by atoms with Crippen LogP contribution in [-0.4, -0.2) is 63.4 Å². The van der Waals surface area contributed by atoms with Crippen molar-refractivity contribution >= 4 is 15.9 Å². The second kappa shape index (κ2) is 9.59. The van der Waals surface area contributed by atoms with Gasteiger partial charge in [0.15, 0.2) is 0 Å². The smallest absolute Gasteiger partial charge is 0.251 e. The average molecular weight is 432 g/mol. The fraction of sp³-hybridized carbons (Fsp3) is 0.409. The summed E-state index contributed by atoms with van der Waals surface area (Å²) in [6.07, 6.45) is 0. The van der Waals surface area contributed by atoms with Crippen LogP contribution in [0.3, 0.4) is 0 Å². The Morgan fingerprint density at radius 1 is 1.10 bits per heavy atom. The van der Waals surface area contributed by atoms with Gasteiger partial charge in [0.2, 0.25) is 10.0 Å². The van der Waals surface area contributed by atoms with Crippen molar-refractivity contribution in [1.82, 2.24) is 14.5 Å². The number of likely N-dealkylation sites (N-methyl/N-ethyl adjacent to an activating group) is 1. The minimum Gasteiger partial charge on any atom is -0.494 e. The standard InChI is InChI=1S/C22H29N3O4S/c1-4-29-20-10-8-18(9-11-20)17(2)23-22(26)19-6-5-7-21(16-19)30(27,28)25-14-12-24(3)13-15-25/h5-11,16-17H,4,12-15H2,1-3H3,(H,23,26)/t17-/m1/s1. The molecule has 0 aliphatic carbocycles. The van der Waals surface area contributed by atoms with Crippen LogP contribution in [0.5, 0.6) is 5.75 Å². The summed E-state index contributed by atoms with van der Waals surface area (Å²) in [4.78, 5) is 15.0. The summed E-state index contributed by atoms with van der Waals surface area (Å²) in [6.45, 7) is 6.69. The van der Waals surface area contributed by atoms with E-state index < -0.39 is 10.0 Å². The van der Waals surface area contributed by atoms with Crippen molar-refractivity contribution in [3.63, 3.8) is 0 Å². The Labute approximate surface area is 178 Å². The molecular weight excluding hydrogens is 402 g/mol. The van der Waals surface area contributed by atoms with Gasteiger partial charge in [0.1, 0.15) is 5.75 Å². The highest BCUT2D eigenvalue weighted by atomic mass is 32.2. The molecule has 2 aromatic rings. The average Bonchev–Trinajstić information content (AvgIpc) is 2.75. The number of piperazine rings is 1. The highest BCUT2D eigenvalue weighted by molar-refractivity contribution is 7.89. The second-order valence-electron chi connectivity index (χ2n) is 7.43. The number of amides is 1. The molecule has 0 spiro atoms. The van der Waals surface area contributed by atoms with Crippen LogP contribution in [-0.2, 0) is 10.0 Å². The van der Waals surface area contributed by atoms with E-state index in [0.717, 1.165) is 11.3 Å². The Balaban J connectivity index is 1.71. The van der Waals surface area contributed by atoms with Crippen molar-refractivity contribution in [1.29, 1.82) is 0 Å². The Hall–Kier alpha value is -2.42. The number of carbonyl (C=O) groups excluding carboxylic acids is 1. The summed E-state index contributed by atoms with van der Waals surface area (Å²) in [7, 11) is -1.65. The monoisotopic (exact) mass is 431 g/mol. The minimum absolute atomic E-state index is 0.147. The largest absolute Gasteiger partial charge is 0.494 e. The van der Waals surface area contributed by atoms with Gasteiger partial charge in [-0.25, -0.2) is 8.42 Å². The number of sulfonamides is 1. The minimum atomic E-state index is -3.62. The Morgan fingerprint density at radius 2 is 1.77 bits per heavy atom. The number of hydrogen-bond donors (Lipinski definition) is 1. The molecule has 7 nitrogen and oxygen atoms in total. The summed E-state index contributed by atoms with van der Waals surface area (Å²) >= 11 is 0. The van der Waals surface area contributed by atoms with Gasteiger partial charge in [-0.2, -0.15) is 4.31 Å². The third-order valence-corrected chi connectivity index (χ3v) is 7.13. The Bertz CT molecular complexity index is 968. The Kier molecular flexibility index (Phi) is 7.12. The molecule has 0 unspecified atom stereocenters. The lowest BCUT2D eigenvalue weighted by Crippen LogP contribution is -2.47. The SMILES string of the molecule is CCOc1ccc([C@@H](C)NC(=O)c2cccc(S(=O)(=O)N3CCN(C)CC3)c2)cc1. The van der Waals surface area contributed by atoms with Crippen molar-refractivity contribution in [2.75, 3.05) is 39.8 Å². The van der Waals surface area contributed by atoms with Crippen molar-refractivity contribution < 1.29 is 17.9 Å². The number of rotatable bonds is 7. The van der Waals surface area contributed by atoms with Crippen molar-refractivity contribution in [2.24, 2.45) is 0 Å². The van der Waals surface area contributed by atoms with Crippen LogP contribution < -0.4 is 10.1 Å². The van der Waals surface area contributed by atoms with Gasteiger partial charge in [0, 0.05) is 31.7 Å². The third-order valence-electron chi connectivity index (χ3n) is 5.23. The molecule has 1 aliphatic rings. The fourth-order valence-corrected chi connectivity index (χ4v) is 4.83. The number of benzene rings is 2. The van der Waals surface area contributed by atoms with Crippen LogP contribution in [0.2, 0.25) is 0 Å². The first-order valence-corrected chi connectivity index (χ1v) is 11.6. The Morgan fingerprint density at radius 3 is 2.40 bits per heavy atom. The van der Waals surface area contributed by atoms with Crippen LogP contribution >= 0.6 is 0 Å². The molecule has 3 rings (SSSR count). The van der Waals surface area contributed by atoms with Gasteiger partial charge in [-0.15, -0.1) is 0 Å². The molecule has 0 bridgehead atoms. The summed E-state index contributed by atoms with van der Waals surface area (Å²) in [5.74, 6) is 0.466. The van der Waals surface area contributed by atoms with E-state index in [-0.39, 0.29) is 16.8 Å². The number of carbonyl (C=O) groups is 1. The van der Waals surface area contributed by atoms with Gasteiger partial charge >= 0.3 is 0 Å². The predicted molar refractivity (Wildman–Crippen MR) is 116 cm³/mol. The van der Waals surface area contributed by atoms with Crippen LogP contribution in [0.25, 0.3) is 0 Å². The number of ether oxygens (including phenoxy) is 1. The maximum atomic E-state index is 13.0. The van der Waals surface area contributed by atoms with E-state index in [4.69, 9.17) is 4.74 Å². The summed E-state index contributed by atoms with van der Waals surface area (Å²) in [5.41, 5.74) is 1.26. The third kappa shape index (κ3) is 5.19. The molecule has 0 aromatic heterocycles. The first-order valence-electron chi connectivity index (χ1n) is 10.1. The van der Waals surface area contributed by atoms with Gasteiger partial charge in [-0.3, -0.25) is 4.79 Å². The molecule has 0 saturated carbocycles. The van der Waals surface area contributed by atoms with E-state index in [9.17, 15) is 13.2 Å². The zero-order valence-corrected chi connectivity index (χ0v) is 18.5. The van der Waals surface area contributed by atoms with Crippen LogP contribution in [0.4, 0.5) is 0 Å². The normalized spacial score (nSPS) is 16.8. The van der Waals surface area contributed by atoms with Crippen LogP contribution in [0, 0.1) is 0 Å². The summed E-state index contributed by atoms with van der Waals surface area (Å²) in [6, 6.07) is 13.5. The van der Waals surface area contributed by atoms with Gasteiger partial charge in [-0.05, 0) is 56.8 Å². The molecular formula is C22H29N3O4S. The number of nitrogens with zero attached hydrogens (tertiary/aromatic N) is 2. The van der Waals surface area contributed by atoms with E-state index >= 15 is 0 Å². The van der Waals surface area contributed by atoms with Crippen LogP contribution in [0.1, 0.15) is 35.8 Å². The molecule has 162 valence electrons. The van der Waals surface area contributed by atoms with Crippen molar-refractivity contribution in [3.8, 4) is 5.75 Å². The van der Waals surface area contributed by atoms with Gasteiger partial charge in [0.05, 0.1) is 17.5 Å². The van der Waals surface area contributed by atoms with Crippen molar-refractivity contribution in [2.45, 2.75) is 24.8 Å². The quantitative estimate of drug-likeness (QED) is 0.729. The van der Waals surface area contributed by atoms with E-state index in [2.05, 4.69) is 10.2 Å². The summed E-state index contributed by atoms with van der Waals surface area (Å²) in [5, 5.41) is 2.93. The van der Waals surface area contributed by atoms with E-state index in [1.165, 1.54) is 10.4 Å². The first kappa shape index (κ1) is 22.3. The second-order valence-corrected chi connectivity index (χ2v) is 9.37. The molecule has 1 heterocycles. The lowest BCUT2D eigenvalue weighted by molar-refractivity contribution is 0.0939. The molecule has 1 atom stereocenters. The van der Waals surface area contributed by atoms with E-state index in [1.54, 1.807) is 18.2 Å².